The van der Waals surface area contributed by atoms with Crippen molar-refractivity contribution in [2.75, 3.05) is 14.2 Å². The lowest BCUT2D eigenvalue weighted by atomic mass is 9.74. The summed E-state index contributed by atoms with van der Waals surface area (Å²) in [6.45, 7) is 0. The molecular weight excluding hydrogens is 455 g/mol. The molecule has 0 heterocycles. The molecule has 1 unspecified atom stereocenters. The van der Waals surface area contributed by atoms with Crippen molar-refractivity contribution < 1.29 is 22.4 Å². The molecule has 2 aromatic rings. The van der Waals surface area contributed by atoms with Crippen LogP contribution >= 0.6 is 9.24 Å². The highest BCUT2D eigenvalue weighted by atomic mass is 32.2. The summed E-state index contributed by atoms with van der Waals surface area (Å²) in [6.07, 6.45) is 10.5. The summed E-state index contributed by atoms with van der Waals surface area (Å²) in [5, 5.41) is 0.912. The molecule has 0 amide bonds. The number of rotatable bonds is 6. The maximum Gasteiger partial charge on any atom is 0.298 e. The fourth-order valence-electron chi connectivity index (χ4n) is 5.94. The van der Waals surface area contributed by atoms with Crippen LogP contribution in [0.5, 0.6) is 11.5 Å². The lowest BCUT2D eigenvalue weighted by Crippen LogP contribution is -2.20. The predicted octanol–water partition coefficient (Wildman–Crippen LogP) is 6.21. The fraction of sp³-hybridized carbons (Fsp3) is 0.538. The molecule has 1 N–H and O–H groups in total. The molecule has 2 aromatic carbocycles. The lowest BCUT2D eigenvalue weighted by Gasteiger charge is -2.34. The van der Waals surface area contributed by atoms with Crippen molar-refractivity contribution in [1.29, 1.82) is 0 Å². The van der Waals surface area contributed by atoms with E-state index in [9.17, 15) is 13.0 Å². The van der Waals surface area contributed by atoms with E-state index in [0.717, 1.165) is 79.8 Å². The van der Waals surface area contributed by atoms with Gasteiger partial charge in [0.2, 0.25) is 0 Å². The van der Waals surface area contributed by atoms with E-state index >= 15 is 0 Å². The maximum absolute atomic E-state index is 13.0. The summed E-state index contributed by atoms with van der Waals surface area (Å²) >= 11 is 0. The van der Waals surface area contributed by atoms with Gasteiger partial charge in [0.05, 0.1) is 19.8 Å². The largest absolute Gasteiger partial charge is 0.496 e. The standard InChI is InChI=1S/C26H35O5PS/c1-30-24-21(17-11-5-3-6-12-17)22(18-13-7-4-8-14-18)26(33(27,28)29)25(31-2)23(24)19-15-9-10-16-20(19)32/h9-10,15-18H,3-8,11-14,32H2,1-2H3,(H,27,28,29). The van der Waals surface area contributed by atoms with Crippen LogP contribution < -0.4 is 14.8 Å². The molecule has 0 spiro atoms. The summed E-state index contributed by atoms with van der Waals surface area (Å²) in [7, 11) is 1.32. The predicted molar refractivity (Wildman–Crippen MR) is 136 cm³/mol. The number of hydrogen-bond acceptors (Lipinski definition) is 4. The second-order valence-corrected chi connectivity index (χ2v) is 11.3. The van der Waals surface area contributed by atoms with Crippen molar-refractivity contribution in [3.8, 4) is 22.6 Å². The second-order valence-electron chi connectivity index (χ2n) is 9.33. The molecule has 33 heavy (non-hydrogen) atoms. The number of methoxy groups -OCH3 is 2. The molecule has 0 radical (unpaired) electrons. The van der Waals surface area contributed by atoms with E-state index in [2.05, 4.69) is 9.24 Å². The molecule has 180 valence electrons. The van der Waals surface area contributed by atoms with E-state index < -0.39 is 10.1 Å². The topological polar surface area (TPSA) is 72.8 Å². The van der Waals surface area contributed by atoms with E-state index in [-0.39, 0.29) is 22.5 Å². The monoisotopic (exact) mass is 490 g/mol. The van der Waals surface area contributed by atoms with Crippen LogP contribution in [0.25, 0.3) is 11.1 Å². The van der Waals surface area contributed by atoms with Gasteiger partial charge >= 0.3 is 0 Å². The Morgan fingerprint density at radius 1 is 0.818 bits per heavy atom. The summed E-state index contributed by atoms with van der Waals surface area (Å²) in [6, 6.07) is 7.76. The third kappa shape index (κ3) is 4.80. The molecular formula is C26H35O5PS. The molecule has 2 fully saturated rings. The highest BCUT2D eigenvalue weighted by Gasteiger charge is 2.38. The number of benzene rings is 2. The average molecular weight is 491 g/mol. The third-order valence-electron chi connectivity index (χ3n) is 7.36. The highest BCUT2D eigenvalue weighted by molar-refractivity contribution is 7.86. The summed E-state index contributed by atoms with van der Waals surface area (Å²) in [5.74, 6) is 1.15. The minimum absolute atomic E-state index is 0.0541. The Morgan fingerprint density at radius 2 is 1.33 bits per heavy atom. The normalized spacial score (nSPS) is 18.3. The second kappa shape index (κ2) is 10.3. The number of hydrogen-bond donors (Lipinski definition) is 1. The highest BCUT2D eigenvalue weighted by Crippen LogP contribution is 2.55. The van der Waals surface area contributed by atoms with Gasteiger partial charge < -0.3 is 9.47 Å². The fourth-order valence-corrected chi connectivity index (χ4v) is 7.27. The third-order valence-corrected chi connectivity index (χ3v) is 8.79. The molecule has 0 aromatic heterocycles. The zero-order valence-corrected chi connectivity index (χ0v) is 21.6. The van der Waals surface area contributed by atoms with Crippen LogP contribution in [0.2, 0.25) is 0 Å². The van der Waals surface area contributed by atoms with Crippen LogP contribution in [0.1, 0.15) is 87.2 Å². The van der Waals surface area contributed by atoms with Crippen LogP contribution in [0.4, 0.5) is 0 Å². The minimum atomic E-state index is -4.54. The Hall–Kier alpha value is -1.62. The molecule has 0 aliphatic heterocycles. The first-order valence-corrected chi connectivity index (χ1v) is 14.0. The van der Waals surface area contributed by atoms with Crippen molar-refractivity contribution >= 4 is 24.7 Å². The van der Waals surface area contributed by atoms with Crippen molar-refractivity contribution in [3.05, 3.63) is 35.4 Å². The average Bonchev–Trinajstić information content (AvgIpc) is 2.83. The summed E-state index contributed by atoms with van der Waals surface area (Å²) in [5.41, 5.74) is 3.15. The van der Waals surface area contributed by atoms with Gasteiger partial charge in [-0.15, -0.1) is 9.24 Å². The summed E-state index contributed by atoms with van der Waals surface area (Å²) < 4.78 is 48.5. The van der Waals surface area contributed by atoms with Gasteiger partial charge in [0.25, 0.3) is 10.1 Å². The zero-order chi connectivity index (χ0) is 23.6. The van der Waals surface area contributed by atoms with Crippen molar-refractivity contribution in [3.63, 3.8) is 0 Å². The smallest absolute Gasteiger partial charge is 0.298 e. The molecule has 4 rings (SSSR count). The van der Waals surface area contributed by atoms with Crippen molar-refractivity contribution in [2.24, 2.45) is 0 Å². The maximum atomic E-state index is 13.0. The first kappa shape index (κ1) is 24.5. The van der Waals surface area contributed by atoms with Crippen LogP contribution in [0.15, 0.2) is 29.2 Å². The molecule has 0 bridgehead atoms. The Labute approximate surface area is 200 Å². The summed E-state index contributed by atoms with van der Waals surface area (Å²) in [4.78, 5) is -0.0541. The van der Waals surface area contributed by atoms with E-state index in [1.807, 2.05) is 24.3 Å². The van der Waals surface area contributed by atoms with Crippen LogP contribution in [-0.2, 0) is 10.1 Å². The van der Waals surface area contributed by atoms with Gasteiger partial charge in [-0.1, -0.05) is 62.8 Å². The first-order chi connectivity index (χ1) is 15.9. The van der Waals surface area contributed by atoms with Gasteiger partial charge in [-0.3, -0.25) is 4.55 Å². The van der Waals surface area contributed by atoms with Gasteiger partial charge in [-0.25, -0.2) is 0 Å². The van der Waals surface area contributed by atoms with Gasteiger partial charge in [0, 0.05) is 5.56 Å². The van der Waals surface area contributed by atoms with Crippen molar-refractivity contribution in [2.45, 2.75) is 80.9 Å². The molecule has 2 saturated carbocycles. The minimum Gasteiger partial charge on any atom is -0.496 e. The van der Waals surface area contributed by atoms with Crippen molar-refractivity contribution in [1.82, 2.24) is 0 Å². The van der Waals surface area contributed by atoms with Gasteiger partial charge in [0.15, 0.2) is 5.75 Å². The van der Waals surface area contributed by atoms with E-state index in [4.69, 9.17) is 9.47 Å². The quantitative estimate of drug-likeness (QED) is 0.385. The first-order valence-electron chi connectivity index (χ1n) is 12.0. The van der Waals surface area contributed by atoms with Gasteiger partial charge in [0.1, 0.15) is 10.6 Å². The van der Waals surface area contributed by atoms with Crippen LogP contribution in [0.3, 0.4) is 0 Å². The van der Waals surface area contributed by atoms with E-state index in [1.165, 1.54) is 13.5 Å². The lowest BCUT2D eigenvalue weighted by molar-refractivity contribution is 0.358. The Bertz CT molecular complexity index is 1100. The molecule has 7 heteroatoms. The van der Waals surface area contributed by atoms with Crippen LogP contribution in [-0.4, -0.2) is 27.2 Å². The molecule has 2 aliphatic carbocycles. The van der Waals surface area contributed by atoms with E-state index in [1.54, 1.807) is 7.11 Å². The van der Waals surface area contributed by atoms with E-state index in [0.29, 0.717) is 11.3 Å². The molecule has 1 atom stereocenters. The molecule has 0 saturated heterocycles. The SMILES string of the molecule is COc1c(-c2ccccc2P)c(OC)c(S(=O)(=O)O)c(C2CCCCC2)c1C1CCCCC1. The Morgan fingerprint density at radius 3 is 1.82 bits per heavy atom. The number of ether oxygens (including phenoxy) is 2. The van der Waals surface area contributed by atoms with Gasteiger partial charge in [-0.2, -0.15) is 8.42 Å². The van der Waals surface area contributed by atoms with Gasteiger partial charge in [-0.05, 0) is 54.0 Å². The Balaban J connectivity index is 2.16. The molecule has 2 aliphatic rings. The molecule has 5 nitrogen and oxygen atoms in total. The van der Waals surface area contributed by atoms with Crippen LogP contribution in [0, 0.1) is 0 Å². The Kier molecular flexibility index (Phi) is 7.67. The zero-order valence-electron chi connectivity index (χ0n) is 19.6.